The zero-order chi connectivity index (χ0) is 19.2. The van der Waals surface area contributed by atoms with E-state index in [1.54, 1.807) is 42.7 Å². The Hall–Kier alpha value is -2.89. The molecule has 1 amide bonds. The Bertz CT molecular complexity index is 949. The number of pyridine rings is 1. The van der Waals surface area contributed by atoms with Crippen molar-refractivity contribution in [3.05, 3.63) is 94.2 Å². The number of nitrogens with one attached hydrogen (secondary N) is 3. The average molecular weight is 399 g/mol. The second-order valence-corrected chi connectivity index (χ2v) is 6.53. The molecule has 3 rings (SSSR count). The molecule has 2 aromatic carbocycles. The molecule has 0 aliphatic carbocycles. The van der Waals surface area contributed by atoms with Crippen molar-refractivity contribution >= 4 is 40.6 Å². The van der Waals surface area contributed by atoms with E-state index in [-0.39, 0.29) is 11.7 Å². The Labute approximate surface area is 166 Å². The predicted octanol–water partition coefficient (Wildman–Crippen LogP) is 4.68. The summed E-state index contributed by atoms with van der Waals surface area (Å²) in [6.45, 7) is 0. The summed E-state index contributed by atoms with van der Waals surface area (Å²) in [4.78, 5) is 16.8. The zero-order valence-electron chi connectivity index (χ0n) is 14.1. The van der Waals surface area contributed by atoms with Crippen molar-refractivity contribution in [3.8, 4) is 0 Å². The summed E-state index contributed by atoms with van der Waals surface area (Å²) in [7, 11) is 0. The molecule has 1 unspecified atom stereocenters. The van der Waals surface area contributed by atoms with Crippen LogP contribution >= 0.6 is 23.2 Å². The van der Waals surface area contributed by atoms with Crippen LogP contribution in [0.1, 0.15) is 17.2 Å². The number of halogens is 2. The first kappa shape index (κ1) is 18.9. The van der Waals surface area contributed by atoms with E-state index in [2.05, 4.69) is 15.6 Å². The Balaban J connectivity index is 1.84. The van der Waals surface area contributed by atoms with E-state index in [1.807, 2.05) is 30.3 Å². The Morgan fingerprint density at radius 3 is 2.33 bits per heavy atom. The van der Waals surface area contributed by atoms with Gasteiger partial charge in [0.05, 0.1) is 10.0 Å². The van der Waals surface area contributed by atoms with Gasteiger partial charge < -0.3 is 10.6 Å². The van der Waals surface area contributed by atoms with Crippen LogP contribution in [0.25, 0.3) is 0 Å². The molecule has 1 heterocycles. The van der Waals surface area contributed by atoms with Gasteiger partial charge in [-0.1, -0.05) is 53.5 Å². The minimum Gasteiger partial charge on any atom is -0.370 e. The summed E-state index contributed by atoms with van der Waals surface area (Å²) in [5.41, 5.74) is 1.96. The number of anilines is 1. The summed E-state index contributed by atoms with van der Waals surface area (Å²) >= 11 is 12.0. The third kappa shape index (κ3) is 4.84. The number of amidine groups is 1. The van der Waals surface area contributed by atoms with Crippen LogP contribution in [0.5, 0.6) is 0 Å². The molecule has 0 bridgehead atoms. The normalized spacial score (nSPS) is 11.5. The molecule has 0 saturated heterocycles. The van der Waals surface area contributed by atoms with Gasteiger partial charge in [0.25, 0.3) is 5.91 Å². The third-order valence-corrected chi connectivity index (χ3v) is 4.58. The van der Waals surface area contributed by atoms with Gasteiger partial charge in [0.2, 0.25) is 0 Å². The van der Waals surface area contributed by atoms with Gasteiger partial charge in [0.15, 0.2) is 0 Å². The van der Waals surface area contributed by atoms with E-state index < -0.39 is 6.04 Å². The standard InChI is InChI=1S/C20H16Cl2N4O/c21-16-7-6-15(12-17(16)22)25-18(13-4-2-1-3-5-13)20(27)26-19(23)14-8-10-24-11-9-14/h1-12,18,25H,(H2,23,26,27). The van der Waals surface area contributed by atoms with Crippen LogP contribution in [0, 0.1) is 5.41 Å². The SMILES string of the molecule is N=C(NC(=O)C(Nc1ccc(Cl)c(Cl)c1)c1ccccc1)c1ccncc1. The van der Waals surface area contributed by atoms with E-state index in [9.17, 15) is 4.79 Å². The second kappa shape index (κ2) is 8.66. The van der Waals surface area contributed by atoms with Crippen LogP contribution in [-0.4, -0.2) is 16.7 Å². The van der Waals surface area contributed by atoms with Gasteiger partial charge in [-0.15, -0.1) is 0 Å². The van der Waals surface area contributed by atoms with Crippen molar-refractivity contribution in [3.63, 3.8) is 0 Å². The number of hydrogen-bond acceptors (Lipinski definition) is 4. The predicted molar refractivity (Wildman–Crippen MR) is 108 cm³/mol. The molecule has 0 fully saturated rings. The highest BCUT2D eigenvalue weighted by Crippen LogP contribution is 2.27. The number of carbonyl (C=O) groups excluding carboxylic acids is 1. The van der Waals surface area contributed by atoms with Crippen molar-refractivity contribution in [1.29, 1.82) is 5.41 Å². The summed E-state index contributed by atoms with van der Waals surface area (Å²) < 4.78 is 0. The monoisotopic (exact) mass is 398 g/mol. The molecule has 7 heteroatoms. The highest BCUT2D eigenvalue weighted by atomic mass is 35.5. The van der Waals surface area contributed by atoms with Crippen LogP contribution in [-0.2, 0) is 4.79 Å². The number of hydrogen-bond donors (Lipinski definition) is 3. The van der Waals surface area contributed by atoms with Gasteiger partial charge >= 0.3 is 0 Å². The fourth-order valence-electron chi connectivity index (χ4n) is 2.48. The van der Waals surface area contributed by atoms with Crippen molar-refractivity contribution in [2.75, 3.05) is 5.32 Å². The number of carbonyl (C=O) groups is 1. The fraction of sp³-hybridized carbons (Fsp3) is 0.0500. The first-order chi connectivity index (χ1) is 13.0. The lowest BCUT2D eigenvalue weighted by Gasteiger charge is -2.20. The van der Waals surface area contributed by atoms with Crippen molar-refractivity contribution < 1.29 is 4.79 Å². The molecule has 3 N–H and O–H groups in total. The van der Waals surface area contributed by atoms with Crippen LogP contribution in [0.4, 0.5) is 5.69 Å². The maximum atomic E-state index is 12.9. The van der Waals surface area contributed by atoms with E-state index >= 15 is 0 Å². The smallest absolute Gasteiger partial charge is 0.252 e. The molecule has 0 saturated carbocycles. The van der Waals surface area contributed by atoms with Crippen LogP contribution < -0.4 is 10.6 Å². The van der Waals surface area contributed by atoms with E-state index in [0.29, 0.717) is 21.3 Å². The molecule has 1 atom stereocenters. The van der Waals surface area contributed by atoms with Crippen molar-refractivity contribution in [1.82, 2.24) is 10.3 Å². The molecule has 136 valence electrons. The molecule has 0 aliphatic heterocycles. The van der Waals surface area contributed by atoms with Crippen molar-refractivity contribution in [2.24, 2.45) is 0 Å². The quantitative estimate of drug-likeness (QED) is 0.431. The van der Waals surface area contributed by atoms with Gasteiger partial charge in [-0.25, -0.2) is 0 Å². The number of rotatable bonds is 5. The minimum absolute atomic E-state index is 0.000676. The number of amides is 1. The molecular formula is C20H16Cl2N4O. The summed E-state index contributed by atoms with van der Waals surface area (Å²) in [6.07, 6.45) is 3.14. The minimum atomic E-state index is -0.717. The van der Waals surface area contributed by atoms with E-state index in [4.69, 9.17) is 28.6 Å². The first-order valence-electron chi connectivity index (χ1n) is 8.11. The summed E-state index contributed by atoms with van der Waals surface area (Å²) in [5.74, 6) is -0.367. The van der Waals surface area contributed by atoms with Gasteiger partial charge in [-0.2, -0.15) is 0 Å². The Morgan fingerprint density at radius 2 is 1.67 bits per heavy atom. The fourth-order valence-corrected chi connectivity index (χ4v) is 2.78. The van der Waals surface area contributed by atoms with Gasteiger partial charge in [0.1, 0.15) is 11.9 Å². The lowest BCUT2D eigenvalue weighted by atomic mass is 10.1. The Kier molecular flexibility index (Phi) is 6.06. The van der Waals surface area contributed by atoms with Crippen LogP contribution in [0.2, 0.25) is 10.0 Å². The van der Waals surface area contributed by atoms with Gasteiger partial charge in [0, 0.05) is 23.6 Å². The second-order valence-electron chi connectivity index (χ2n) is 5.72. The summed E-state index contributed by atoms with van der Waals surface area (Å²) in [5, 5.41) is 14.7. The highest BCUT2D eigenvalue weighted by Gasteiger charge is 2.22. The number of aromatic nitrogens is 1. The first-order valence-corrected chi connectivity index (χ1v) is 8.86. The number of benzene rings is 2. The highest BCUT2D eigenvalue weighted by molar-refractivity contribution is 6.42. The summed E-state index contributed by atoms with van der Waals surface area (Å²) in [6, 6.07) is 16.9. The maximum absolute atomic E-state index is 12.9. The largest absolute Gasteiger partial charge is 0.370 e. The Morgan fingerprint density at radius 1 is 0.963 bits per heavy atom. The van der Waals surface area contributed by atoms with E-state index in [1.165, 1.54) is 0 Å². The van der Waals surface area contributed by atoms with E-state index in [0.717, 1.165) is 5.56 Å². The van der Waals surface area contributed by atoms with Crippen LogP contribution in [0.3, 0.4) is 0 Å². The molecule has 5 nitrogen and oxygen atoms in total. The zero-order valence-corrected chi connectivity index (χ0v) is 15.6. The van der Waals surface area contributed by atoms with Gasteiger partial charge in [-0.3, -0.25) is 15.2 Å². The number of nitrogens with zero attached hydrogens (tertiary/aromatic N) is 1. The average Bonchev–Trinajstić information content (AvgIpc) is 2.70. The molecule has 0 radical (unpaired) electrons. The lowest BCUT2D eigenvalue weighted by molar-refractivity contribution is -0.120. The lowest BCUT2D eigenvalue weighted by Crippen LogP contribution is -2.37. The van der Waals surface area contributed by atoms with Crippen LogP contribution in [0.15, 0.2) is 73.1 Å². The molecule has 0 aliphatic rings. The molecule has 0 spiro atoms. The molecule has 3 aromatic rings. The maximum Gasteiger partial charge on any atom is 0.252 e. The molecule has 1 aromatic heterocycles. The van der Waals surface area contributed by atoms with Crippen molar-refractivity contribution in [2.45, 2.75) is 6.04 Å². The molecular weight excluding hydrogens is 383 g/mol. The topological polar surface area (TPSA) is 77.9 Å². The molecule has 27 heavy (non-hydrogen) atoms. The van der Waals surface area contributed by atoms with Gasteiger partial charge in [-0.05, 0) is 35.9 Å². The third-order valence-electron chi connectivity index (χ3n) is 3.84.